The molecule has 1 saturated heterocycles. The van der Waals surface area contributed by atoms with E-state index >= 15 is 0 Å². The van der Waals surface area contributed by atoms with Gasteiger partial charge in [0.1, 0.15) is 5.82 Å². The fourth-order valence-electron chi connectivity index (χ4n) is 5.17. The van der Waals surface area contributed by atoms with Gasteiger partial charge in [-0.25, -0.2) is 17.8 Å². The number of benzene rings is 2. The van der Waals surface area contributed by atoms with Crippen molar-refractivity contribution in [1.29, 1.82) is 0 Å². The van der Waals surface area contributed by atoms with Gasteiger partial charge < -0.3 is 14.6 Å². The summed E-state index contributed by atoms with van der Waals surface area (Å²) in [6.45, 7) is 0.280. The van der Waals surface area contributed by atoms with E-state index in [0.717, 1.165) is 22.4 Å². The molecule has 1 aromatic heterocycles. The van der Waals surface area contributed by atoms with E-state index < -0.39 is 16.1 Å². The van der Waals surface area contributed by atoms with Gasteiger partial charge in [0.25, 0.3) is 10.0 Å². The van der Waals surface area contributed by atoms with Crippen LogP contribution in [-0.4, -0.2) is 53.6 Å². The number of aliphatic hydroxyl groups is 1. The van der Waals surface area contributed by atoms with E-state index in [1.807, 2.05) is 36.2 Å². The second-order valence-corrected chi connectivity index (χ2v) is 10.4. The van der Waals surface area contributed by atoms with Crippen LogP contribution in [0.15, 0.2) is 60.0 Å². The Balaban J connectivity index is 1.65. The molecule has 0 saturated carbocycles. The number of halogens is 1. The number of likely N-dealkylation sites (N-methyl/N-ethyl adjacent to an activating group) is 1. The number of fused-ring (bicyclic) bond motifs is 3. The lowest BCUT2D eigenvalue weighted by Crippen LogP contribution is -2.48. The third-order valence-corrected chi connectivity index (χ3v) is 8.48. The maximum absolute atomic E-state index is 13.8. The number of aliphatic hydroxyl groups excluding tert-OH is 1. The minimum Gasteiger partial charge on any atom is -0.394 e. The lowest BCUT2D eigenvalue weighted by atomic mass is 9.81. The fourth-order valence-corrected chi connectivity index (χ4v) is 6.81. The molecule has 0 aliphatic carbocycles. The number of hydrogen-bond acceptors (Lipinski definition) is 5. The van der Waals surface area contributed by atoms with Gasteiger partial charge in [0.2, 0.25) is 0 Å². The van der Waals surface area contributed by atoms with E-state index in [2.05, 4.69) is 4.98 Å². The van der Waals surface area contributed by atoms with Crippen LogP contribution in [0, 0.1) is 11.7 Å². The van der Waals surface area contributed by atoms with Gasteiger partial charge in [-0.3, -0.25) is 0 Å². The molecule has 1 fully saturated rings. The first-order chi connectivity index (χ1) is 15.3. The normalized spacial score (nSPS) is 23.2. The number of nitrogens with zero attached hydrogens (tertiary/aromatic N) is 4. The first-order valence-electron chi connectivity index (χ1n) is 10.5. The van der Waals surface area contributed by atoms with Crippen molar-refractivity contribution in [1.82, 2.24) is 13.9 Å². The molecule has 5 rings (SSSR count). The molecule has 0 radical (unpaired) electrons. The summed E-state index contributed by atoms with van der Waals surface area (Å²) in [6.07, 6.45) is 3.61. The molecule has 168 valence electrons. The van der Waals surface area contributed by atoms with Crippen molar-refractivity contribution in [3.63, 3.8) is 0 Å². The van der Waals surface area contributed by atoms with Crippen molar-refractivity contribution in [2.24, 2.45) is 13.0 Å². The molecule has 7 nitrogen and oxygen atoms in total. The van der Waals surface area contributed by atoms with Gasteiger partial charge in [0.15, 0.2) is 5.03 Å². The number of imidazole rings is 1. The molecule has 9 heteroatoms. The van der Waals surface area contributed by atoms with Crippen molar-refractivity contribution in [2.45, 2.75) is 23.5 Å². The molecule has 2 aliphatic heterocycles. The monoisotopic (exact) mass is 456 g/mol. The lowest BCUT2D eigenvalue weighted by Gasteiger charge is -2.44. The molecule has 3 atom stereocenters. The standard InChI is InChI=1S/C23H25FN4O3S/c1-26-12-22(25-14-26)32(30,31)28-9-8-18-21(13-29)27(2)20-7-6-16(11-19(20)23(18)28)15-4-3-5-17(24)10-15/h3-7,10-12,14,18,21,23,29H,8-9,13H2,1-2H3/t18-,21-,23-/m0/s1. The van der Waals surface area contributed by atoms with Crippen LogP contribution >= 0.6 is 0 Å². The van der Waals surface area contributed by atoms with Crippen LogP contribution in [-0.2, 0) is 17.1 Å². The maximum atomic E-state index is 13.8. The molecule has 0 unspecified atom stereocenters. The van der Waals surface area contributed by atoms with Crippen LogP contribution in [0.2, 0.25) is 0 Å². The Morgan fingerprint density at radius 2 is 1.94 bits per heavy atom. The highest BCUT2D eigenvalue weighted by atomic mass is 32.2. The SMILES string of the molecule is CN1c2ccc(-c3cccc(F)c3)cc2[C@@H]2[C@@H](CCN2S(=O)(=O)c2cn(C)cn2)[C@@H]1CO. The number of rotatable bonds is 4. The number of aromatic nitrogens is 2. The summed E-state index contributed by atoms with van der Waals surface area (Å²) in [5.74, 6) is -0.394. The molecule has 2 aliphatic rings. The van der Waals surface area contributed by atoms with Crippen LogP contribution in [0.5, 0.6) is 0 Å². The second-order valence-electron chi connectivity index (χ2n) is 8.54. The van der Waals surface area contributed by atoms with Crippen molar-refractivity contribution in [2.75, 3.05) is 25.1 Å². The van der Waals surface area contributed by atoms with Gasteiger partial charge in [-0.15, -0.1) is 0 Å². The summed E-state index contributed by atoms with van der Waals surface area (Å²) >= 11 is 0. The smallest absolute Gasteiger partial charge is 0.262 e. The van der Waals surface area contributed by atoms with E-state index in [0.29, 0.717) is 13.0 Å². The van der Waals surface area contributed by atoms with E-state index in [4.69, 9.17) is 0 Å². The van der Waals surface area contributed by atoms with E-state index in [9.17, 15) is 17.9 Å². The first-order valence-corrected chi connectivity index (χ1v) is 12.0. The minimum absolute atomic E-state index is 0.0166. The lowest BCUT2D eigenvalue weighted by molar-refractivity contribution is 0.193. The first kappa shape index (κ1) is 21.1. The van der Waals surface area contributed by atoms with Crippen LogP contribution in [0.4, 0.5) is 10.1 Å². The Hall–Kier alpha value is -2.75. The second kappa shape index (κ2) is 7.68. The third-order valence-electron chi connectivity index (χ3n) is 6.72. The van der Waals surface area contributed by atoms with Crippen molar-refractivity contribution in [3.8, 4) is 11.1 Å². The van der Waals surface area contributed by atoms with Crippen molar-refractivity contribution >= 4 is 15.7 Å². The molecule has 0 bridgehead atoms. The van der Waals surface area contributed by atoms with Crippen LogP contribution < -0.4 is 4.90 Å². The largest absolute Gasteiger partial charge is 0.394 e. The Labute approximate surface area is 186 Å². The summed E-state index contributed by atoms with van der Waals surface area (Å²) in [5.41, 5.74) is 3.28. The van der Waals surface area contributed by atoms with Gasteiger partial charge in [0.05, 0.1) is 25.0 Å². The predicted octanol–water partition coefficient (Wildman–Crippen LogP) is 2.79. The zero-order chi connectivity index (χ0) is 22.6. The van der Waals surface area contributed by atoms with Gasteiger partial charge in [0, 0.05) is 38.4 Å². The topological polar surface area (TPSA) is 78.7 Å². The van der Waals surface area contributed by atoms with Crippen molar-refractivity contribution in [3.05, 3.63) is 66.4 Å². The van der Waals surface area contributed by atoms with E-state index in [1.54, 1.807) is 17.7 Å². The Bertz CT molecular complexity index is 1280. The number of hydrogen-bond donors (Lipinski definition) is 1. The number of sulfonamides is 1. The van der Waals surface area contributed by atoms with Gasteiger partial charge in [-0.05, 0) is 47.4 Å². The number of aryl methyl sites for hydroxylation is 1. The summed E-state index contributed by atoms with van der Waals surface area (Å²) in [4.78, 5) is 6.12. The van der Waals surface area contributed by atoms with Crippen LogP contribution in [0.3, 0.4) is 0 Å². The Morgan fingerprint density at radius 3 is 2.62 bits per heavy atom. The van der Waals surface area contributed by atoms with Crippen LogP contribution in [0.1, 0.15) is 18.0 Å². The van der Waals surface area contributed by atoms with E-state index in [-0.39, 0.29) is 29.4 Å². The zero-order valence-electron chi connectivity index (χ0n) is 17.9. The highest BCUT2D eigenvalue weighted by molar-refractivity contribution is 7.89. The van der Waals surface area contributed by atoms with Gasteiger partial charge in [-0.2, -0.15) is 4.31 Å². The summed E-state index contributed by atoms with van der Waals surface area (Å²) < 4.78 is 44.0. The average molecular weight is 457 g/mol. The number of anilines is 1. The quantitative estimate of drug-likeness (QED) is 0.653. The molecular weight excluding hydrogens is 431 g/mol. The highest BCUT2D eigenvalue weighted by Crippen LogP contribution is 2.50. The maximum Gasteiger partial charge on any atom is 0.262 e. The van der Waals surface area contributed by atoms with Crippen molar-refractivity contribution < 1.29 is 17.9 Å². The summed E-state index contributed by atoms with van der Waals surface area (Å²) in [6, 6.07) is 11.5. The molecule has 32 heavy (non-hydrogen) atoms. The molecule has 0 amide bonds. The summed E-state index contributed by atoms with van der Waals surface area (Å²) in [5, 5.41) is 10.2. The van der Waals surface area contributed by atoms with E-state index in [1.165, 1.54) is 29.0 Å². The molecular formula is C23H25FN4O3S. The average Bonchev–Trinajstić information content (AvgIpc) is 3.41. The van der Waals surface area contributed by atoms with Crippen LogP contribution in [0.25, 0.3) is 11.1 Å². The molecule has 3 heterocycles. The predicted molar refractivity (Wildman–Crippen MR) is 119 cm³/mol. The summed E-state index contributed by atoms with van der Waals surface area (Å²) in [7, 11) is -0.166. The molecule has 2 aromatic carbocycles. The third kappa shape index (κ3) is 3.23. The molecule has 3 aromatic rings. The minimum atomic E-state index is -3.82. The Morgan fingerprint density at radius 1 is 1.16 bits per heavy atom. The highest BCUT2D eigenvalue weighted by Gasteiger charge is 2.50. The molecule has 1 N–H and O–H groups in total. The zero-order valence-corrected chi connectivity index (χ0v) is 18.7. The fraction of sp³-hybridized carbons (Fsp3) is 0.348. The van der Waals surface area contributed by atoms with Gasteiger partial charge in [-0.1, -0.05) is 18.2 Å². The molecule has 0 spiro atoms. The Kier molecular flexibility index (Phi) is 5.07. The van der Waals surface area contributed by atoms with Gasteiger partial charge >= 0.3 is 0 Å².